The Morgan fingerprint density at radius 3 is 1.73 bits per heavy atom. The summed E-state index contributed by atoms with van der Waals surface area (Å²) in [5.74, 6) is 1.19. The van der Waals surface area contributed by atoms with Gasteiger partial charge >= 0.3 is 0 Å². The average molecular weight is 399 g/mol. The number of unbranched alkanes of at least 4 members (excludes halogenated alkanes) is 2. The Balaban J connectivity index is 2.36. The topological polar surface area (TPSA) is 99.6 Å². The van der Waals surface area contributed by atoms with Gasteiger partial charge in [-0.3, -0.25) is 19.2 Å². The normalized spacial score (nSPS) is 10.2. The lowest BCUT2D eigenvalue weighted by Gasteiger charge is -2.04. The van der Waals surface area contributed by atoms with Gasteiger partial charge in [0, 0.05) is 11.5 Å². The molecule has 0 fully saturated rings. The van der Waals surface area contributed by atoms with E-state index in [4.69, 9.17) is 0 Å². The molecule has 0 atom stereocenters. The maximum atomic E-state index is 12.1. The van der Waals surface area contributed by atoms with Crippen molar-refractivity contribution in [2.24, 2.45) is 0 Å². The van der Waals surface area contributed by atoms with Crippen LogP contribution in [-0.2, 0) is 19.1 Å². The first-order valence-corrected chi connectivity index (χ1v) is 10.1. The SMILES string of the molecule is O=COCCCCSC(=O)c1cccc(C(=O)SCCCCOC=O)n1. The molecule has 0 aliphatic rings. The summed E-state index contributed by atoms with van der Waals surface area (Å²) in [5, 5.41) is -0.376. The lowest BCUT2D eigenvalue weighted by molar-refractivity contribution is -0.129. The number of hydrogen-bond donors (Lipinski definition) is 0. The molecule has 0 N–H and O–H groups in total. The highest BCUT2D eigenvalue weighted by atomic mass is 32.2. The highest BCUT2D eigenvalue weighted by Gasteiger charge is 2.13. The fraction of sp³-hybridized carbons (Fsp3) is 0.471. The largest absolute Gasteiger partial charge is 0.468 e. The van der Waals surface area contributed by atoms with Crippen LogP contribution in [0.1, 0.15) is 46.7 Å². The first-order chi connectivity index (χ1) is 12.7. The van der Waals surface area contributed by atoms with E-state index in [1.807, 2.05) is 0 Å². The van der Waals surface area contributed by atoms with Crippen molar-refractivity contribution in [1.82, 2.24) is 4.98 Å². The molecule has 26 heavy (non-hydrogen) atoms. The molecule has 1 aromatic rings. The summed E-state index contributed by atoms with van der Waals surface area (Å²) in [6, 6.07) is 4.82. The van der Waals surface area contributed by atoms with E-state index in [-0.39, 0.29) is 21.6 Å². The smallest absolute Gasteiger partial charge is 0.293 e. The Bertz CT molecular complexity index is 549. The second kappa shape index (κ2) is 14.3. The van der Waals surface area contributed by atoms with Crippen LogP contribution >= 0.6 is 23.5 Å². The van der Waals surface area contributed by atoms with E-state index in [1.165, 1.54) is 0 Å². The van der Waals surface area contributed by atoms with Crippen molar-refractivity contribution < 1.29 is 28.7 Å². The highest BCUT2D eigenvalue weighted by molar-refractivity contribution is 8.14. The molecular weight excluding hydrogens is 378 g/mol. The van der Waals surface area contributed by atoms with Gasteiger partial charge in [0.15, 0.2) is 0 Å². The predicted molar refractivity (Wildman–Crippen MR) is 100 cm³/mol. The zero-order valence-electron chi connectivity index (χ0n) is 14.3. The molecule has 0 unspecified atom stereocenters. The molecule has 1 rings (SSSR count). The van der Waals surface area contributed by atoms with Crippen molar-refractivity contribution in [3.05, 3.63) is 29.6 Å². The van der Waals surface area contributed by atoms with Gasteiger partial charge in [-0.05, 0) is 37.8 Å². The third-order valence-electron chi connectivity index (χ3n) is 3.08. The van der Waals surface area contributed by atoms with E-state index >= 15 is 0 Å². The number of rotatable bonds is 14. The summed E-state index contributed by atoms with van der Waals surface area (Å²) in [4.78, 5) is 48.4. The molecule has 9 heteroatoms. The predicted octanol–water partition coefficient (Wildman–Crippen LogP) is 2.73. The van der Waals surface area contributed by atoms with E-state index in [9.17, 15) is 19.2 Å². The standard InChI is InChI=1S/C17H21NO6S2/c19-12-23-8-1-3-10-25-16(21)14-6-5-7-15(18-14)17(22)26-11-4-2-9-24-13-20/h5-7,12-13H,1-4,8-11H2. The van der Waals surface area contributed by atoms with Crippen LogP contribution in [0.25, 0.3) is 0 Å². The fourth-order valence-corrected chi connectivity index (χ4v) is 3.40. The Labute approximate surface area is 160 Å². The maximum Gasteiger partial charge on any atom is 0.293 e. The van der Waals surface area contributed by atoms with Gasteiger partial charge in [-0.2, -0.15) is 0 Å². The number of thioether (sulfide) groups is 2. The molecule has 0 spiro atoms. The second-order valence-electron chi connectivity index (χ2n) is 5.03. The molecule has 0 aromatic carbocycles. The molecule has 0 bridgehead atoms. The first-order valence-electron chi connectivity index (χ1n) is 8.11. The number of nitrogens with zero attached hydrogens (tertiary/aromatic N) is 1. The van der Waals surface area contributed by atoms with Crippen LogP contribution < -0.4 is 0 Å². The third-order valence-corrected chi connectivity index (χ3v) is 5.01. The van der Waals surface area contributed by atoms with Gasteiger partial charge in [-0.1, -0.05) is 29.6 Å². The summed E-state index contributed by atoms with van der Waals surface area (Å²) in [5.41, 5.74) is 0.509. The second-order valence-corrected chi connectivity index (χ2v) is 7.16. The van der Waals surface area contributed by atoms with Crippen LogP contribution in [0.4, 0.5) is 0 Å². The third kappa shape index (κ3) is 9.57. The van der Waals surface area contributed by atoms with E-state index < -0.39 is 0 Å². The Morgan fingerprint density at radius 2 is 1.31 bits per heavy atom. The number of ether oxygens (including phenoxy) is 2. The zero-order valence-corrected chi connectivity index (χ0v) is 15.9. The number of hydrogen-bond acceptors (Lipinski definition) is 9. The lowest BCUT2D eigenvalue weighted by Crippen LogP contribution is -2.05. The van der Waals surface area contributed by atoms with Crippen LogP contribution in [0.2, 0.25) is 0 Å². The minimum atomic E-state index is -0.188. The van der Waals surface area contributed by atoms with Crippen LogP contribution in [0.3, 0.4) is 0 Å². The van der Waals surface area contributed by atoms with E-state index in [0.717, 1.165) is 36.4 Å². The summed E-state index contributed by atoms with van der Waals surface area (Å²) < 4.78 is 9.16. The molecule has 0 aliphatic heterocycles. The van der Waals surface area contributed by atoms with E-state index in [0.29, 0.717) is 50.5 Å². The lowest BCUT2D eigenvalue weighted by atomic mass is 10.3. The van der Waals surface area contributed by atoms with Crippen LogP contribution in [0.15, 0.2) is 18.2 Å². The number of aromatic nitrogens is 1. The Kier molecular flexibility index (Phi) is 12.2. The van der Waals surface area contributed by atoms with Gasteiger partial charge in [-0.15, -0.1) is 0 Å². The molecule has 142 valence electrons. The van der Waals surface area contributed by atoms with E-state index in [2.05, 4.69) is 14.5 Å². The monoisotopic (exact) mass is 399 g/mol. The first kappa shape index (κ1) is 22.2. The van der Waals surface area contributed by atoms with Gasteiger partial charge in [0.2, 0.25) is 10.2 Å². The molecule has 1 heterocycles. The molecule has 7 nitrogen and oxygen atoms in total. The van der Waals surface area contributed by atoms with Crippen molar-refractivity contribution in [2.75, 3.05) is 24.7 Å². The molecule has 0 aliphatic carbocycles. The van der Waals surface area contributed by atoms with Gasteiger partial charge in [0.05, 0.1) is 13.2 Å². The van der Waals surface area contributed by atoms with Crippen LogP contribution in [0.5, 0.6) is 0 Å². The average Bonchev–Trinajstić information content (AvgIpc) is 2.67. The van der Waals surface area contributed by atoms with Crippen molar-refractivity contribution >= 4 is 46.7 Å². The van der Waals surface area contributed by atoms with Gasteiger partial charge in [-0.25, -0.2) is 4.98 Å². The molecule has 0 saturated carbocycles. The van der Waals surface area contributed by atoms with Crippen molar-refractivity contribution in [2.45, 2.75) is 25.7 Å². The number of pyridine rings is 1. The summed E-state index contributed by atoms with van der Waals surface area (Å²) in [6.45, 7) is 1.50. The highest BCUT2D eigenvalue weighted by Crippen LogP contribution is 2.16. The van der Waals surface area contributed by atoms with Gasteiger partial charge in [0.1, 0.15) is 11.4 Å². The number of carbonyl (C=O) groups is 4. The van der Waals surface area contributed by atoms with Gasteiger partial charge in [0.25, 0.3) is 12.9 Å². The van der Waals surface area contributed by atoms with Gasteiger partial charge < -0.3 is 9.47 Å². The zero-order chi connectivity index (χ0) is 19.0. The molecule has 1 aromatic heterocycles. The van der Waals surface area contributed by atoms with Crippen molar-refractivity contribution in [1.29, 1.82) is 0 Å². The van der Waals surface area contributed by atoms with Crippen LogP contribution in [0, 0.1) is 0 Å². The summed E-state index contributed by atoms with van der Waals surface area (Å²) in [6.07, 6.45) is 2.87. The number of carbonyl (C=O) groups excluding carboxylic acids is 4. The fourth-order valence-electron chi connectivity index (χ4n) is 1.81. The van der Waals surface area contributed by atoms with Crippen molar-refractivity contribution in [3.63, 3.8) is 0 Å². The molecule has 0 radical (unpaired) electrons. The van der Waals surface area contributed by atoms with Crippen molar-refractivity contribution in [3.8, 4) is 0 Å². The Hall–Kier alpha value is -1.87. The minimum Gasteiger partial charge on any atom is -0.468 e. The maximum absolute atomic E-state index is 12.1. The Morgan fingerprint density at radius 1 is 0.846 bits per heavy atom. The minimum absolute atomic E-state index is 0.188. The quantitative estimate of drug-likeness (QED) is 0.345. The molecule has 0 saturated heterocycles. The van der Waals surface area contributed by atoms with E-state index in [1.54, 1.807) is 18.2 Å². The summed E-state index contributed by atoms with van der Waals surface area (Å²) >= 11 is 2.26. The molecule has 0 amide bonds. The summed E-state index contributed by atoms with van der Waals surface area (Å²) in [7, 11) is 0. The molecular formula is C17H21NO6S2. The van der Waals surface area contributed by atoms with Crippen LogP contribution in [-0.4, -0.2) is 52.9 Å².